The monoisotopic (exact) mass is 368 g/mol. The van der Waals surface area contributed by atoms with Gasteiger partial charge in [-0.15, -0.1) is 0 Å². The van der Waals surface area contributed by atoms with Gasteiger partial charge in [0.15, 0.2) is 0 Å². The summed E-state index contributed by atoms with van der Waals surface area (Å²) in [5.74, 6) is -0.244. The molecule has 2 atom stereocenters. The molecule has 0 saturated heterocycles. The van der Waals surface area contributed by atoms with Crippen LogP contribution < -0.4 is 10.1 Å². The smallest absolute Gasteiger partial charge is 0.243 e. The average molecular weight is 368 g/mol. The highest BCUT2D eigenvalue weighted by Gasteiger charge is 2.61. The third kappa shape index (κ3) is 3.27. The minimum atomic E-state index is -0.364. The first-order valence-corrected chi connectivity index (χ1v) is 9.02. The molecular weight excluding hydrogens is 347 g/mol. The fraction of sp³-hybridized carbons (Fsp3) is 0.333. The van der Waals surface area contributed by atoms with Crippen molar-refractivity contribution in [3.8, 4) is 5.75 Å². The summed E-state index contributed by atoms with van der Waals surface area (Å²) in [6, 6.07) is 13.6. The van der Waals surface area contributed by atoms with E-state index in [2.05, 4.69) is 5.32 Å². The molecule has 1 N–H and O–H groups in total. The van der Waals surface area contributed by atoms with Crippen LogP contribution in [0.3, 0.4) is 0 Å². The van der Waals surface area contributed by atoms with Crippen molar-refractivity contribution in [2.24, 2.45) is 5.92 Å². The first-order valence-electron chi connectivity index (χ1n) is 9.02. The summed E-state index contributed by atoms with van der Waals surface area (Å²) >= 11 is 0. The summed E-state index contributed by atoms with van der Waals surface area (Å²) in [6.45, 7) is 0.493. The summed E-state index contributed by atoms with van der Waals surface area (Å²) in [6.07, 6.45) is 1.35. The Bertz CT molecular complexity index is 886. The lowest BCUT2D eigenvalue weighted by molar-refractivity contribution is -0.134. The molecule has 2 aliphatic rings. The number of para-hydroxylation sites is 1. The minimum Gasteiger partial charge on any atom is -0.493 e. The van der Waals surface area contributed by atoms with E-state index in [1.807, 2.05) is 18.2 Å². The second-order valence-electron chi connectivity index (χ2n) is 7.26. The summed E-state index contributed by atoms with van der Waals surface area (Å²) in [4.78, 5) is 26.5. The standard InChI is InChI=1S/C21H21FN2O3/c1-24(13-19(25)23-15-5-3-2-4-6-15)20(26)17-12-21(17)9-10-27-18-8-7-14(22)11-16(18)21/h2-8,11,17H,9-10,12-13H2,1H3,(H,23,25)/t17-,21-/m1/s1. The third-order valence-electron chi connectivity index (χ3n) is 5.47. The van der Waals surface area contributed by atoms with Gasteiger partial charge in [0, 0.05) is 29.6 Å². The van der Waals surface area contributed by atoms with Crippen LogP contribution >= 0.6 is 0 Å². The predicted octanol–water partition coefficient (Wildman–Crippen LogP) is 2.96. The number of amides is 2. The first-order chi connectivity index (χ1) is 13.0. The van der Waals surface area contributed by atoms with E-state index in [0.717, 1.165) is 5.56 Å². The number of hydrogen-bond acceptors (Lipinski definition) is 3. The highest BCUT2D eigenvalue weighted by Crippen LogP contribution is 2.61. The van der Waals surface area contributed by atoms with Gasteiger partial charge in [-0.3, -0.25) is 9.59 Å². The van der Waals surface area contributed by atoms with Crippen molar-refractivity contribution in [2.45, 2.75) is 18.3 Å². The molecule has 0 radical (unpaired) electrons. The second-order valence-corrected chi connectivity index (χ2v) is 7.26. The molecule has 2 aromatic carbocycles. The number of likely N-dealkylation sites (N-methyl/N-ethyl adjacent to an activating group) is 1. The van der Waals surface area contributed by atoms with E-state index in [1.54, 1.807) is 25.2 Å². The zero-order valence-electron chi connectivity index (χ0n) is 15.1. The van der Waals surface area contributed by atoms with Gasteiger partial charge in [-0.2, -0.15) is 0 Å². The van der Waals surface area contributed by atoms with Gasteiger partial charge in [0.25, 0.3) is 0 Å². The summed E-state index contributed by atoms with van der Waals surface area (Å²) < 4.78 is 19.3. The Balaban J connectivity index is 1.43. The van der Waals surface area contributed by atoms with E-state index in [-0.39, 0.29) is 35.5 Å². The number of halogens is 1. The molecule has 1 heterocycles. The lowest BCUT2D eigenvalue weighted by atomic mass is 9.87. The largest absolute Gasteiger partial charge is 0.493 e. The average Bonchev–Trinajstić information content (AvgIpc) is 3.37. The van der Waals surface area contributed by atoms with Crippen LogP contribution in [0.2, 0.25) is 0 Å². The SMILES string of the molecule is CN(CC(=O)Nc1ccccc1)C(=O)[C@H]1C[C@@]12CCOc1ccc(F)cc12. The van der Waals surface area contributed by atoms with Crippen LogP contribution in [0.25, 0.3) is 0 Å². The van der Waals surface area contributed by atoms with Gasteiger partial charge in [-0.1, -0.05) is 18.2 Å². The number of carbonyl (C=O) groups is 2. The van der Waals surface area contributed by atoms with E-state index in [9.17, 15) is 14.0 Å². The Morgan fingerprint density at radius 1 is 1.26 bits per heavy atom. The van der Waals surface area contributed by atoms with Crippen molar-refractivity contribution in [1.82, 2.24) is 4.90 Å². The third-order valence-corrected chi connectivity index (χ3v) is 5.47. The quantitative estimate of drug-likeness (QED) is 0.903. The normalized spacial score (nSPS) is 22.5. The molecule has 1 saturated carbocycles. The number of nitrogens with one attached hydrogen (secondary N) is 1. The van der Waals surface area contributed by atoms with E-state index in [1.165, 1.54) is 17.0 Å². The molecule has 6 heteroatoms. The highest BCUT2D eigenvalue weighted by atomic mass is 19.1. The number of fused-ring (bicyclic) bond motifs is 2. The molecule has 0 aromatic heterocycles. The lowest BCUT2D eigenvalue weighted by Gasteiger charge is -2.27. The maximum atomic E-state index is 13.7. The number of anilines is 1. The van der Waals surface area contributed by atoms with Crippen LogP contribution in [0.1, 0.15) is 18.4 Å². The number of nitrogens with zero attached hydrogens (tertiary/aromatic N) is 1. The molecular formula is C21H21FN2O3. The maximum Gasteiger partial charge on any atom is 0.243 e. The predicted molar refractivity (Wildman–Crippen MR) is 99.0 cm³/mol. The van der Waals surface area contributed by atoms with Gasteiger partial charge in [-0.05, 0) is 43.2 Å². The molecule has 140 valence electrons. The zero-order chi connectivity index (χ0) is 19.0. The van der Waals surface area contributed by atoms with Gasteiger partial charge in [0.2, 0.25) is 11.8 Å². The van der Waals surface area contributed by atoms with E-state index >= 15 is 0 Å². The van der Waals surface area contributed by atoms with E-state index in [4.69, 9.17) is 4.74 Å². The molecule has 1 spiro atoms. The Labute approximate surface area is 157 Å². The molecule has 1 aliphatic carbocycles. The van der Waals surface area contributed by atoms with Crippen LogP contribution in [-0.2, 0) is 15.0 Å². The van der Waals surface area contributed by atoms with Crippen LogP contribution in [0.5, 0.6) is 5.75 Å². The van der Waals surface area contributed by atoms with Crippen LogP contribution in [0.4, 0.5) is 10.1 Å². The van der Waals surface area contributed by atoms with Crippen molar-refractivity contribution in [2.75, 3.05) is 25.5 Å². The number of hydrogen-bond donors (Lipinski definition) is 1. The molecule has 27 heavy (non-hydrogen) atoms. The summed E-state index contributed by atoms with van der Waals surface area (Å²) in [5.41, 5.74) is 1.10. The Kier molecular flexibility index (Phi) is 4.34. The van der Waals surface area contributed by atoms with Crippen molar-refractivity contribution in [3.63, 3.8) is 0 Å². The van der Waals surface area contributed by atoms with E-state index < -0.39 is 0 Å². The van der Waals surface area contributed by atoms with Gasteiger partial charge in [-0.25, -0.2) is 4.39 Å². The van der Waals surface area contributed by atoms with Crippen molar-refractivity contribution < 1.29 is 18.7 Å². The van der Waals surface area contributed by atoms with Crippen LogP contribution in [0.15, 0.2) is 48.5 Å². The summed E-state index contributed by atoms with van der Waals surface area (Å²) in [7, 11) is 1.63. The number of benzene rings is 2. The first kappa shape index (κ1) is 17.5. The minimum absolute atomic E-state index is 0.0210. The number of rotatable bonds is 4. The van der Waals surface area contributed by atoms with E-state index in [0.29, 0.717) is 30.9 Å². The van der Waals surface area contributed by atoms with Gasteiger partial charge >= 0.3 is 0 Å². The van der Waals surface area contributed by atoms with Crippen molar-refractivity contribution in [1.29, 1.82) is 0 Å². The number of ether oxygens (including phenoxy) is 1. The molecule has 2 amide bonds. The van der Waals surface area contributed by atoms with Gasteiger partial charge < -0.3 is 15.0 Å². The Morgan fingerprint density at radius 2 is 2.04 bits per heavy atom. The molecule has 1 aliphatic heterocycles. The second kappa shape index (κ2) is 6.68. The van der Waals surface area contributed by atoms with Crippen molar-refractivity contribution in [3.05, 3.63) is 59.9 Å². The molecule has 0 unspecified atom stereocenters. The lowest BCUT2D eigenvalue weighted by Crippen LogP contribution is -2.38. The summed E-state index contributed by atoms with van der Waals surface area (Å²) in [5, 5.41) is 2.78. The van der Waals surface area contributed by atoms with Crippen LogP contribution in [0, 0.1) is 11.7 Å². The fourth-order valence-electron chi connectivity index (χ4n) is 3.98. The Morgan fingerprint density at radius 3 is 2.81 bits per heavy atom. The number of carbonyl (C=O) groups excluding carboxylic acids is 2. The fourth-order valence-corrected chi connectivity index (χ4v) is 3.98. The molecule has 5 nitrogen and oxygen atoms in total. The molecule has 4 rings (SSSR count). The molecule has 1 fully saturated rings. The zero-order valence-corrected chi connectivity index (χ0v) is 15.1. The van der Waals surface area contributed by atoms with Gasteiger partial charge in [0.05, 0.1) is 13.2 Å². The topological polar surface area (TPSA) is 58.6 Å². The molecule has 2 aromatic rings. The Hall–Kier alpha value is -2.89. The maximum absolute atomic E-state index is 13.7. The van der Waals surface area contributed by atoms with Gasteiger partial charge in [0.1, 0.15) is 11.6 Å². The van der Waals surface area contributed by atoms with Crippen LogP contribution in [-0.4, -0.2) is 36.9 Å². The van der Waals surface area contributed by atoms with Crippen molar-refractivity contribution >= 4 is 17.5 Å². The molecule has 0 bridgehead atoms. The highest BCUT2D eigenvalue weighted by molar-refractivity contribution is 5.95.